The molecule has 0 atom stereocenters. The molecule has 0 aliphatic rings. The predicted molar refractivity (Wildman–Crippen MR) is 116 cm³/mol. The third-order valence-electron chi connectivity index (χ3n) is 4.87. The quantitative estimate of drug-likeness (QED) is 0.533. The van der Waals surface area contributed by atoms with Crippen LogP contribution < -0.4 is 14.5 Å². The molecule has 7 heteroatoms. The van der Waals surface area contributed by atoms with Gasteiger partial charge in [-0.05, 0) is 36.4 Å². The lowest BCUT2D eigenvalue weighted by Gasteiger charge is -2.13. The molecule has 0 unspecified atom stereocenters. The number of hydrogen-bond donors (Lipinski definition) is 0. The number of anilines is 2. The maximum absolute atomic E-state index is 13.3. The van der Waals surface area contributed by atoms with E-state index < -0.39 is 0 Å². The maximum atomic E-state index is 13.3. The summed E-state index contributed by atoms with van der Waals surface area (Å²) >= 11 is 0. The van der Waals surface area contributed by atoms with Gasteiger partial charge in [-0.15, -0.1) is 5.10 Å². The molecule has 0 N–H and O–H groups in total. The highest BCUT2D eigenvalue weighted by Gasteiger charge is 2.20. The first-order valence-electron chi connectivity index (χ1n) is 9.26. The first-order chi connectivity index (χ1) is 13.9. The Morgan fingerprint density at radius 3 is 2.48 bits per heavy atom. The van der Waals surface area contributed by atoms with E-state index in [9.17, 15) is 4.79 Å². The number of pyridine rings is 1. The fraction of sp³-hybridized carbons (Fsp3) is 0.227. The van der Waals surface area contributed by atoms with E-state index in [1.807, 2.05) is 80.5 Å². The SMILES string of the molecule is COc1ccc2cc3c(N(C)C)nn(C(=O)c4cccc(N(C)C)c4)c3nc2c1. The highest BCUT2D eigenvalue weighted by atomic mass is 16.5. The maximum Gasteiger partial charge on any atom is 0.280 e. The number of nitrogens with zero attached hydrogens (tertiary/aromatic N) is 5. The lowest BCUT2D eigenvalue weighted by Crippen LogP contribution is -2.17. The van der Waals surface area contributed by atoms with Gasteiger partial charge in [0.25, 0.3) is 5.91 Å². The molecular weight excluding hydrogens is 366 g/mol. The van der Waals surface area contributed by atoms with E-state index in [0.29, 0.717) is 22.8 Å². The predicted octanol–water partition coefficient (Wildman–Crippen LogP) is 3.41. The van der Waals surface area contributed by atoms with Crippen LogP contribution in [0, 0.1) is 0 Å². The molecule has 0 saturated heterocycles. The lowest BCUT2D eigenvalue weighted by atomic mass is 10.1. The van der Waals surface area contributed by atoms with Gasteiger partial charge < -0.3 is 14.5 Å². The Labute approximate surface area is 169 Å². The molecule has 2 heterocycles. The summed E-state index contributed by atoms with van der Waals surface area (Å²) in [5.41, 5.74) is 2.77. The Balaban J connectivity index is 1.94. The standard InChI is InChI=1S/C22H23N5O2/c1-25(2)16-8-6-7-15(11-16)22(28)27-20-18(21(24-27)26(3)4)12-14-9-10-17(29-5)13-19(14)23-20/h6-13H,1-5H3. The van der Waals surface area contributed by atoms with Gasteiger partial charge in [0.1, 0.15) is 5.75 Å². The van der Waals surface area contributed by atoms with Crippen molar-refractivity contribution < 1.29 is 9.53 Å². The molecule has 0 radical (unpaired) electrons. The fourth-order valence-electron chi connectivity index (χ4n) is 3.30. The van der Waals surface area contributed by atoms with Crippen LogP contribution in [-0.4, -0.2) is 56.0 Å². The molecule has 0 fully saturated rings. The Morgan fingerprint density at radius 2 is 1.79 bits per heavy atom. The van der Waals surface area contributed by atoms with Gasteiger partial charge in [-0.2, -0.15) is 4.68 Å². The summed E-state index contributed by atoms with van der Waals surface area (Å²) in [6.45, 7) is 0. The average molecular weight is 389 g/mol. The second-order valence-electron chi connectivity index (χ2n) is 7.30. The van der Waals surface area contributed by atoms with Gasteiger partial charge in [0.15, 0.2) is 11.5 Å². The summed E-state index contributed by atoms with van der Waals surface area (Å²) in [7, 11) is 9.31. The number of ether oxygens (including phenoxy) is 1. The van der Waals surface area contributed by atoms with E-state index >= 15 is 0 Å². The first-order valence-corrected chi connectivity index (χ1v) is 9.26. The molecule has 0 aliphatic heterocycles. The third-order valence-corrected chi connectivity index (χ3v) is 4.87. The second kappa shape index (κ2) is 7.09. The minimum absolute atomic E-state index is 0.221. The number of aromatic nitrogens is 3. The minimum atomic E-state index is -0.221. The zero-order chi connectivity index (χ0) is 20.7. The van der Waals surface area contributed by atoms with Crippen molar-refractivity contribution in [2.45, 2.75) is 0 Å². The van der Waals surface area contributed by atoms with Crippen LogP contribution in [0.25, 0.3) is 21.9 Å². The van der Waals surface area contributed by atoms with Crippen molar-refractivity contribution in [3.63, 3.8) is 0 Å². The molecule has 0 spiro atoms. The molecule has 29 heavy (non-hydrogen) atoms. The topological polar surface area (TPSA) is 63.5 Å². The number of benzene rings is 2. The van der Waals surface area contributed by atoms with Crippen LogP contribution in [0.1, 0.15) is 10.4 Å². The second-order valence-corrected chi connectivity index (χ2v) is 7.30. The molecule has 0 amide bonds. The molecule has 7 nitrogen and oxygen atoms in total. The summed E-state index contributed by atoms with van der Waals surface area (Å²) < 4.78 is 6.71. The van der Waals surface area contributed by atoms with Crippen molar-refractivity contribution >= 4 is 39.3 Å². The fourth-order valence-corrected chi connectivity index (χ4v) is 3.30. The van der Waals surface area contributed by atoms with E-state index in [1.54, 1.807) is 13.2 Å². The summed E-state index contributed by atoms with van der Waals surface area (Å²) in [6.07, 6.45) is 0. The Hall–Kier alpha value is -3.61. The van der Waals surface area contributed by atoms with Crippen LogP contribution in [0.2, 0.25) is 0 Å². The van der Waals surface area contributed by atoms with E-state index in [4.69, 9.17) is 9.72 Å². The van der Waals surface area contributed by atoms with Crippen molar-refractivity contribution in [2.75, 3.05) is 45.1 Å². The zero-order valence-electron chi connectivity index (χ0n) is 17.2. The monoisotopic (exact) mass is 389 g/mol. The Morgan fingerprint density at radius 1 is 1.00 bits per heavy atom. The Bertz CT molecular complexity index is 1230. The van der Waals surface area contributed by atoms with Crippen LogP contribution >= 0.6 is 0 Å². The van der Waals surface area contributed by atoms with Crippen LogP contribution in [-0.2, 0) is 0 Å². The van der Waals surface area contributed by atoms with Gasteiger partial charge in [-0.25, -0.2) is 4.98 Å². The normalized spacial score (nSPS) is 11.1. The van der Waals surface area contributed by atoms with Crippen molar-refractivity contribution in [1.82, 2.24) is 14.8 Å². The highest BCUT2D eigenvalue weighted by molar-refractivity contribution is 6.05. The van der Waals surface area contributed by atoms with E-state index in [1.165, 1.54) is 4.68 Å². The average Bonchev–Trinajstić information content (AvgIpc) is 3.09. The van der Waals surface area contributed by atoms with Crippen molar-refractivity contribution in [3.8, 4) is 5.75 Å². The van der Waals surface area contributed by atoms with Gasteiger partial charge in [0, 0.05) is 50.9 Å². The third kappa shape index (κ3) is 3.24. The number of carbonyl (C=O) groups is 1. The molecule has 2 aromatic heterocycles. The molecule has 2 aromatic carbocycles. The van der Waals surface area contributed by atoms with E-state index in [-0.39, 0.29) is 5.91 Å². The number of rotatable bonds is 4. The molecule has 0 bridgehead atoms. The summed E-state index contributed by atoms with van der Waals surface area (Å²) in [5, 5.41) is 6.38. The molecule has 0 aliphatic carbocycles. The molecule has 148 valence electrons. The van der Waals surface area contributed by atoms with Crippen molar-refractivity contribution in [3.05, 3.63) is 54.1 Å². The highest BCUT2D eigenvalue weighted by Crippen LogP contribution is 2.29. The van der Waals surface area contributed by atoms with Gasteiger partial charge >= 0.3 is 0 Å². The Kier molecular flexibility index (Phi) is 4.58. The van der Waals surface area contributed by atoms with Crippen LogP contribution in [0.4, 0.5) is 11.5 Å². The van der Waals surface area contributed by atoms with Crippen LogP contribution in [0.3, 0.4) is 0 Å². The number of fused-ring (bicyclic) bond motifs is 2. The summed E-state index contributed by atoms with van der Waals surface area (Å²) in [6, 6.07) is 15.2. The van der Waals surface area contributed by atoms with Gasteiger partial charge in [-0.1, -0.05) is 6.07 Å². The van der Waals surface area contributed by atoms with Crippen LogP contribution in [0.5, 0.6) is 5.75 Å². The molecule has 4 aromatic rings. The summed E-state index contributed by atoms with van der Waals surface area (Å²) in [5.74, 6) is 1.19. The van der Waals surface area contributed by atoms with Gasteiger partial charge in [0.05, 0.1) is 18.0 Å². The smallest absolute Gasteiger partial charge is 0.280 e. The van der Waals surface area contributed by atoms with Crippen molar-refractivity contribution in [2.24, 2.45) is 0 Å². The van der Waals surface area contributed by atoms with E-state index in [0.717, 1.165) is 22.0 Å². The first kappa shape index (κ1) is 18.7. The number of methoxy groups -OCH3 is 1. The van der Waals surface area contributed by atoms with Crippen molar-refractivity contribution in [1.29, 1.82) is 0 Å². The molecule has 0 saturated carbocycles. The zero-order valence-corrected chi connectivity index (χ0v) is 17.2. The number of carbonyl (C=O) groups excluding carboxylic acids is 1. The largest absolute Gasteiger partial charge is 0.497 e. The molecular formula is C22H23N5O2. The van der Waals surface area contributed by atoms with Gasteiger partial charge in [0.2, 0.25) is 0 Å². The van der Waals surface area contributed by atoms with Crippen LogP contribution in [0.15, 0.2) is 48.5 Å². The number of hydrogen-bond acceptors (Lipinski definition) is 6. The minimum Gasteiger partial charge on any atom is -0.497 e. The van der Waals surface area contributed by atoms with E-state index in [2.05, 4.69) is 5.10 Å². The van der Waals surface area contributed by atoms with Gasteiger partial charge in [-0.3, -0.25) is 4.79 Å². The lowest BCUT2D eigenvalue weighted by molar-refractivity contribution is 0.0950. The molecule has 4 rings (SSSR count). The summed E-state index contributed by atoms with van der Waals surface area (Å²) in [4.78, 5) is 21.9.